The van der Waals surface area contributed by atoms with E-state index in [0.29, 0.717) is 6.54 Å². The molecule has 1 heterocycles. The Morgan fingerprint density at radius 3 is 2.67 bits per heavy atom. The molecule has 0 radical (unpaired) electrons. The van der Waals surface area contributed by atoms with Gasteiger partial charge in [-0.15, -0.1) is 0 Å². The highest BCUT2D eigenvalue weighted by molar-refractivity contribution is 5.94. The number of hydrogen-bond donors (Lipinski definition) is 2. The molecule has 0 aliphatic carbocycles. The lowest BCUT2D eigenvalue weighted by Crippen LogP contribution is -2.39. The summed E-state index contributed by atoms with van der Waals surface area (Å²) in [4.78, 5) is 14.3. The molecule has 1 aliphatic rings. The summed E-state index contributed by atoms with van der Waals surface area (Å²) in [7, 11) is 0. The molecule has 108 valence electrons. The molecule has 21 heavy (non-hydrogen) atoms. The lowest BCUT2D eigenvalue weighted by molar-refractivity contribution is -0.115. The van der Waals surface area contributed by atoms with Crippen molar-refractivity contribution in [2.75, 3.05) is 23.3 Å². The summed E-state index contributed by atoms with van der Waals surface area (Å²) in [6.07, 6.45) is 0.871. The molecule has 2 aromatic carbocycles. The molecule has 0 saturated carbocycles. The minimum Gasteiger partial charge on any atom is -0.362 e. The highest BCUT2D eigenvalue weighted by atomic mass is 16.2. The molecule has 0 bridgehead atoms. The van der Waals surface area contributed by atoms with Crippen molar-refractivity contribution < 1.29 is 4.79 Å². The molecule has 0 fully saturated rings. The first-order valence-electron chi connectivity index (χ1n) is 7.18. The SMILES string of the molecule is NC1CCN(CC(=O)Nc2ccccc2)c2ccccc21. The van der Waals surface area contributed by atoms with E-state index in [1.54, 1.807) is 0 Å². The predicted molar refractivity (Wildman–Crippen MR) is 85.3 cm³/mol. The number of nitrogens with two attached hydrogens (primary N) is 1. The van der Waals surface area contributed by atoms with Gasteiger partial charge in [0.05, 0.1) is 6.54 Å². The Kier molecular flexibility index (Phi) is 3.88. The number of benzene rings is 2. The Balaban J connectivity index is 1.71. The maximum Gasteiger partial charge on any atom is 0.243 e. The largest absolute Gasteiger partial charge is 0.362 e. The number of rotatable bonds is 3. The van der Waals surface area contributed by atoms with Crippen molar-refractivity contribution >= 4 is 17.3 Å². The first-order valence-corrected chi connectivity index (χ1v) is 7.18. The number of nitrogens with one attached hydrogen (secondary N) is 1. The second kappa shape index (κ2) is 5.97. The first-order chi connectivity index (χ1) is 10.2. The van der Waals surface area contributed by atoms with E-state index in [1.807, 2.05) is 54.6 Å². The number of carbonyl (C=O) groups excluding carboxylic acids is 1. The van der Waals surface area contributed by atoms with Gasteiger partial charge >= 0.3 is 0 Å². The van der Waals surface area contributed by atoms with Gasteiger partial charge in [0.1, 0.15) is 0 Å². The van der Waals surface area contributed by atoms with Crippen LogP contribution >= 0.6 is 0 Å². The van der Waals surface area contributed by atoms with Crippen LogP contribution in [0.3, 0.4) is 0 Å². The maximum absolute atomic E-state index is 12.2. The van der Waals surface area contributed by atoms with Gasteiger partial charge in [0, 0.05) is 24.0 Å². The molecule has 3 rings (SSSR count). The van der Waals surface area contributed by atoms with Crippen LogP contribution in [0.5, 0.6) is 0 Å². The summed E-state index contributed by atoms with van der Waals surface area (Å²) in [6.45, 7) is 1.15. The maximum atomic E-state index is 12.2. The van der Waals surface area contributed by atoms with Crippen molar-refractivity contribution in [2.45, 2.75) is 12.5 Å². The summed E-state index contributed by atoms with van der Waals surface area (Å²) in [5.41, 5.74) is 9.15. The van der Waals surface area contributed by atoms with Gasteiger partial charge in [-0.2, -0.15) is 0 Å². The molecule has 0 aromatic heterocycles. The highest BCUT2D eigenvalue weighted by Crippen LogP contribution is 2.31. The van der Waals surface area contributed by atoms with Gasteiger partial charge in [0.2, 0.25) is 5.91 Å². The summed E-state index contributed by atoms with van der Waals surface area (Å²) in [6, 6.07) is 17.6. The van der Waals surface area contributed by atoms with Crippen LogP contribution in [0.4, 0.5) is 11.4 Å². The lowest BCUT2D eigenvalue weighted by atomic mass is 9.97. The number of carbonyl (C=O) groups is 1. The lowest BCUT2D eigenvalue weighted by Gasteiger charge is -2.33. The standard InChI is InChI=1S/C17H19N3O/c18-15-10-11-20(16-9-5-4-8-14(15)16)12-17(21)19-13-6-2-1-3-7-13/h1-9,15H,10-12,18H2,(H,19,21). The Bertz CT molecular complexity index is 627. The van der Waals surface area contributed by atoms with Crippen molar-refractivity contribution in [3.63, 3.8) is 0 Å². The van der Waals surface area contributed by atoms with Crippen molar-refractivity contribution in [3.05, 3.63) is 60.2 Å². The van der Waals surface area contributed by atoms with Crippen LogP contribution in [-0.2, 0) is 4.79 Å². The van der Waals surface area contributed by atoms with E-state index in [9.17, 15) is 4.79 Å². The van der Waals surface area contributed by atoms with E-state index in [0.717, 1.165) is 29.9 Å². The van der Waals surface area contributed by atoms with Gasteiger partial charge in [-0.05, 0) is 30.2 Å². The number of hydrogen-bond acceptors (Lipinski definition) is 3. The average Bonchev–Trinajstić information content (AvgIpc) is 2.51. The molecular formula is C17H19N3O. The third kappa shape index (κ3) is 3.06. The van der Waals surface area contributed by atoms with Gasteiger partial charge in [-0.1, -0.05) is 36.4 Å². The summed E-state index contributed by atoms with van der Waals surface area (Å²) >= 11 is 0. The van der Waals surface area contributed by atoms with Crippen LogP contribution in [-0.4, -0.2) is 19.0 Å². The van der Waals surface area contributed by atoms with Crippen LogP contribution in [0.25, 0.3) is 0 Å². The highest BCUT2D eigenvalue weighted by Gasteiger charge is 2.23. The van der Waals surface area contributed by atoms with Gasteiger partial charge in [-0.3, -0.25) is 4.79 Å². The zero-order valence-corrected chi connectivity index (χ0v) is 11.8. The van der Waals surface area contributed by atoms with Gasteiger partial charge < -0.3 is 16.0 Å². The van der Waals surface area contributed by atoms with Crippen molar-refractivity contribution in [2.24, 2.45) is 5.73 Å². The van der Waals surface area contributed by atoms with Crippen molar-refractivity contribution in [3.8, 4) is 0 Å². The second-order valence-electron chi connectivity index (χ2n) is 5.29. The fourth-order valence-corrected chi connectivity index (χ4v) is 2.72. The molecule has 1 unspecified atom stereocenters. The van der Waals surface area contributed by atoms with Crippen LogP contribution < -0.4 is 16.0 Å². The van der Waals surface area contributed by atoms with Gasteiger partial charge in [0.15, 0.2) is 0 Å². The Labute approximate surface area is 124 Å². The number of anilines is 2. The molecule has 1 amide bonds. The van der Waals surface area contributed by atoms with E-state index >= 15 is 0 Å². The minimum absolute atomic E-state index is 0.00789. The van der Waals surface area contributed by atoms with Crippen LogP contribution in [0.2, 0.25) is 0 Å². The average molecular weight is 281 g/mol. The van der Waals surface area contributed by atoms with E-state index in [2.05, 4.69) is 10.2 Å². The second-order valence-corrected chi connectivity index (χ2v) is 5.29. The fraction of sp³-hybridized carbons (Fsp3) is 0.235. The molecule has 2 aromatic rings. The molecule has 3 N–H and O–H groups in total. The Morgan fingerprint density at radius 2 is 1.86 bits per heavy atom. The number of fused-ring (bicyclic) bond motifs is 1. The number of amides is 1. The predicted octanol–water partition coefficient (Wildman–Crippen LogP) is 2.54. The van der Waals surface area contributed by atoms with E-state index in [4.69, 9.17) is 5.73 Å². The zero-order valence-electron chi connectivity index (χ0n) is 11.8. The quantitative estimate of drug-likeness (QED) is 0.909. The molecule has 1 atom stereocenters. The topological polar surface area (TPSA) is 58.4 Å². The smallest absolute Gasteiger partial charge is 0.243 e. The normalized spacial score (nSPS) is 17.2. The molecule has 0 spiro atoms. The number of nitrogens with zero attached hydrogens (tertiary/aromatic N) is 1. The molecule has 4 heteroatoms. The minimum atomic E-state index is -0.00789. The first kappa shape index (κ1) is 13.6. The fourth-order valence-electron chi connectivity index (χ4n) is 2.72. The van der Waals surface area contributed by atoms with Crippen molar-refractivity contribution in [1.82, 2.24) is 0 Å². The third-order valence-electron chi connectivity index (χ3n) is 3.78. The van der Waals surface area contributed by atoms with E-state index < -0.39 is 0 Å². The molecule has 0 saturated heterocycles. The summed E-state index contributed by atoms with van der Waals surface area (Å²) in [5, 5.41) is 2.92. The van der Waals surface area contributed by atoms with E-state index in [1.165, 1.54) is 0 Å². The van der Waals surface area contributed by atoms with Gasteiger partial charge in [-0.25, -0.2) is 0 Å². The zero-order chi connectivity index (χ0) is 14.7. The Hall–Kier alpha value is -2.33. The van der Waals surface area contributed by atoms with Gasteiger partial charge in [0.25, 0.3) is 0 Å². The van der Waals surface area contributed by atoms with Crippen LogP contribution in [0.15, 0.2) is 54.6 Å². The third-order valence-corrected chi connectivity index (χ3v) is 3.78. The molecule has 4 nitrogen and oxygen atoms in total. The Morgan fingerprint density at radius 1 is 1.14 bits per heavy atom. The van der Waals surface area contributed by atoms with Crippen molar-refractivity contribution in [1.29, 1.82) is 0 Å². The van der Waals surface area contributed by atoms with Crippen LogP contribution in [0.1, 0.15) is 18.0 Å². The summed E-state index contributed by atoms with van der Waals surface area (Å²) in [5.74, 6) is -0.00789. The number of para-hydroxylation sites is 2. The van der Waals surface area contributed by atoms with E-state index in [-0.39, 0.29) is 11.9 Å². The van der Waals surface area contributed by atoms with Crippen LogP contribution in [0, 0.1) is 0 Å². The monoisotopic (exact) mass is 281 g/mol. The molecular weight excluding hydrogens is 262 g/mol. The molecule has 1 aliphatic heterocycles. The summed E-state index contributed by atoms with van der Waals surface area (Å²) < 4.78 is 0.